The number of amides is 1. The summed E-state index contributed by atoms with van der Waals surface area (Å²) in [5.41, 5.74) is 1.23. The van der Waals surface area contributed by atoms with Gasteiger partial charge in [-0.05, 0) is 24.3 Å². The van der Waals surface area contributed by atoms with Crippen LogP contribution in [0.3, 0.4) is 0 Å². The van der Waals surface area contributed by atoms with E-state index in [1.165, 1.54) is 12.3 Å². The van der Waals surface area contributed by atoms with Crippen molar-refractivity contribution in [2.75, 3.05) is 21.3 Å². The number of carbonyl (C=O) groups excluding carboxylic acids is 1. The summed E-state index contributed by atoms with van der Waals surface area (Å²) in [5, 5.41) is 0. The van der Waals surface area contributed by atoms with Gasteiger partial charge >= 0.3 is 0 Å². The number of methoxy groups -OCH3 is 2. The van der Waals surface area contributed by atoms with Gasteiger partial charge in [0, 0.05) is 38.1 Å². The number of hydrogen-bond acceptors (Lipinski definition) is 5. The highest BCUT2D eigenvalue weighted by Crippen LogP contribution is 2.26. The van der Waals surface area contributed by atoms with Gasteiger partial charge in [0.1, 0.15) is 17.3 Å². The molecule has 0 spiro atoms. The lowest BCUT2D eigenvalue weighted by Gasteiger charge is -2.19. The molecular weight excluding hydrogens is 375 g/mol. The molecule has 1 amide bonds. The zero-order valence-electron chi connectivity index (χ0n) is 16.6. The lowest BCUT2D eigenvalue weighted by atomic mass is 10.1. The Kier molecular flexibility index (Phi) is 6.49. The third kappa shape index (κ3) is 4.93. The van der Waals surface area contributed by atoms with Crippen molar-refractivity contribution >= 4 is 5.91 Å². The SMILES string of the molecule is COc1ccc(CN(C)C(=O)CCc2ncc(-c3ccccc3F)o2)c(OC)c1. The molecule has 152 valence electrons. The number of benzene rings is 2. The maximum Gasteiger partial charge on any atom is 0.223 e. The molecule has 0 fully saturated rings. The lowest BCUT2D eigenvalue weighted by Crippen LogP contribution is -2.26. The molecule has 3 aromatic rings. The standard InChI is InChI=1S/C22H23FN2O4/c1-25(14-15-8-9-16(27-2)12-19(15)28-3)22(26)11-10-21-24-13-20(29-21)17-6-4-5-7-18(17)23/h4-9,12-13H,10-11,14H2,1-3H3. The summed E-state index contributed by atoms with van der Waals surface area (Å²) in [6.07, 6.45) is 2.04. The highest BCUT2D eigenvalue weighted by Gasteiger charge is 2.15. The van der Waals surface area contributed by atoms with Gasteiger partial charge in [-0.3, -0.25) is 4.79 Å². The number of rotatable bonds is 8. The van der Waals surface area contributed by atoms with Gasteiger partial charge in [0.05, 0.1) is 26.0 Å². The number of aromatic nitrogens is 1. The molecule has 1 aromatic heterocycles. The molecule has 29 heavy (non-hydrogen) atoms. The third-order valence-corrected chi connectivity index (χ3v) is 4.57. The van der Waals surface area contributed by atoms with E-state index in [0.29, 0.717) is 41.7 Å². The summed E-state index contributed by atoms with van der Waals surface area (Å²) in [5.74, 6) is 1.65. The van der Waals surface area contributed by atoms with Crippen molar-refractivity contribution in [3.05, 3.63) is 65.9 Å². The fourth-order valence-electron chi connectivity index (χ4n) is 2.94. The first-order valence-electron chi connectivity index (χ1n) is 9.16. The summed E-state index contributed by atoms with van der Waals surface area (Å²) in [7, 11) is 4.90. The Balaban J connectivity index is 1.59. The highest BCUT2D eigenvalue weighted by molar-refractivity contribution is 5.76. The number of ether oxygens (including phenoxy) is 2. The first-order chi connectivity index (χ1) is 14.0. The quantitative estimate of drug-likeness (QED) is 0.572. The van der Waals surface area contributed by atoms with Crippen LogP contribution < -0.4 is 9.47 Å². The Morgan fingerprint density at radius 1 is 1.17 bits per heavy atom. The first-order valence-corrected chi connectivity index (χ1v) is 9.16. The zero-order chi connectivity index (χ0) is 20.8. The van der Waals surface area contributed by atoms with Crippen LogP contribution in [0.1, 0.15) is 17.9 Å². The van der Waals surface area contributed by atoms with Crippen molar-refractivity contribution in [2.45, 2.75) is 19.4 Å². The largest absolute Gasteiger partial charge is 0.497 e. The number of nitrogens with zero attached hydrogens (tertiary/aromatic N) is 2. The molecule has 0 atom stereocenters. The van der Waals surface area contributed by atoms with E-state index in [1.807, 2.05) is 12.1 Å². The van der Waals surface area contributed by atoms with Crippen LogP contribution in [0, 0.1) is 5.82 Å². The van der Waals surface area contributed by atoms with Crippen molar-refractivity contribution in [2.24, 2.45) is 0 Å². The van der Waals surface area contributed by atoms with Crippen LogP contribution in [0.15, 0.2) is 53.1 Å². The Morgan fingerprint density at radius 2 is 1.97 bits per heavy atom. The van der Waals surface area contributed by atoms with Gasteiger partial charge < -0.3 is 18.8 Å². The smallest absolute Gasteiger partial charge is 0.223 e. The first kappa shape index (κ1) is 20.4. The molecule has 2 aromatic carbocycles. The van der Waals surface area contributed by atoms with E-state index in [1.54, 1.807) is 50.4 Å². The number of carbonyl (C=O) groups is 1. The molecule has 0 saturated carbocycles. The minimum Gasteiger partial charge on any atom is -0.497 e. The van der Waals surface area contributed by atoms with Gasteiger partial charge in [-0.2, -0.15) is 0 Å². The molecule has 0 aliphatic carbocycles. The third-order valence-electron chi connectivity index (χ3n) is 4.57. The van der Waals surface area contributed by atoms with Crippen molar-refractivity contribution < 1.29 is 23.1 Å². The highest BCUT2D eigenvalue weighted by atomic mass is 19.1. The average Bonchev–Trinajstić information content (AvgIpc) is 3.21. The molecular formula is C22H23FN2O4. The molecule has 0 aliphatic heterocycles. The molecule has 0 radical (unpaired) electrons. The second kappa shape index (κ2) is 9.23. The van der Waals surface area contributed by atoms with Crippen LogP contribution in [0.4, 0.5) is 4.39 Å². The second-order valence-corrected chi connectivity index (χ2v) is 6.53. The van der Waals surface area contributed by atoms with E-state index in [0.717, 1.165) is 5.56 Å². The topological polar surface area (TPSA) is 64.8 Å². The minimum absolute atomic E-state index is 0.0616. The monoisotopic (exact) mass is 398 g/mol. The average molecular weight is 398 g/mol. The van der Waals surface area contributed by atoms with Crippen LogP contribution in [0.2, 0.25) is 0 Å². The Labute approximate surface area is 168 Å². The molecule has 0 N–H and O–H groups in total. The minimum atomic E-state index is -0.376. The van der Waals surface area contributed by atoms with Crippen molar-refractivity contribution in [3.63, 3.8) is 0 Å². The molecule has 0 aliphatic rings. The molecule has 0 saturated heterocycles. The number of oxazole rings is 1. The fraction of sp³-hybridized carbons (Fsp3) is 0.273. The summed E-state index contributed by atoms with van der Waals surface area (Å²) in [4.78, 5) is 18.3. The predicted molar refractivity (Wildman–Crippen MR) is 106 cm³/mol. The molecule has 3 rings (SSSR count). The molecule has 1 heterocycles. The van der Waals surface area contributed by atoms with Crippen molar-refractivity contribution in [1.29, 1.82) is 0 Å². The van der Waals surface area contributed by atoms with Crippen molar-refractivity contribution in [1.82, 2.24) is 9.88 Å². The van der Waals surface area contributed by atoms with E-state index < -0.39 is 0 Å². The molecule has 7 heteroatoms. The second-order valence-electron chi connectivity index (χ2n) is 6.53. The molecule has 6 nitrogen and oxygen atoms in total. The van der Waals surface area contributed by atoms with Gasteiger partial charge in [-0.1, -0.05) is 12.1 Å². The van der Waals surface area contributed by atoms with E-state index in [9.17, 15) is 9.18 Å². The van der Waals surface area contributed by atoms with Crippen LogP contribution >= 0.6 is 0 Å². The maximum absolute atomic E-state index is 13.9. The normalized spacial score (nSPS) is 10.6. The summed E-state index contributed by atoms with van der Waals surface area (Å²) < 4.78 is 30.0. The van der Waals surface area contributed by atoms with Crippen LogP contribution in [0.5, 0.6) is 11.5 Å². The van der Waals surface area contributed by atoms with E-state index in [2.05, 4.69) is 4.98 Å². The van der Waals surface area contributed by atoms with Gasteiger partial charge in [0.25, 0.3) is 0 Å². The number of halogens is 1. The summed E-state index contributed by atoms with van der Waals surface area (Å²) in [6.45, 7) is 0.401. The van der Waals surface area contributed by atoms with Crippen molar-refractivity contribution in [3.8, 4) is 22.8 Å². The van der Waals surface area contributed by atoms with Gasteiger partial charge in [-0.25, -0.2) is 9.37 Å². The Bertz CT molecular complexity index is 986. The molecule has 0 unspecified atom stereocenters. The Morgan fingerprint density at radius 3 is 2.69 bits per heavy atom. The van der Waals surface area contributed by atoms with Gasteiger partial charge in [-0.15, -0.1) is 0 Å². The van der Waals surface area contributed by atoms with Crippen LogP contribution in [-0.2, 0) is 17.8 Å². The number of hydrogen-bond donors (Lipinski definition) is 0. The Hall–Kier alpha value is -3.35. The fourth-order valence-corrected chi connectivity index (χ4v) is 2.94. The van der Waals surface area contributed by atoms with E-state index >= 15 is 0 Å². The van der Waals surface area contributed by atoms with Gasteiger partial charge in [0.15, 0.2) is 11.7 Å². The lowest BCUT2D eigenvalue weighted by molar-refractivity contribution is -0.130. The van der Waals surface area contributed by atoms with E-state index in [-0.39, 0.29) is 18.1 Å². The molecule has 0 bridgehead atoms. The van der Waals surface area contributed by atoms with Gasteiger partial charge in [0.2, 0.25) is 5.91 Å². The number of aryl methyl sites for hydroxylation is 1. The summed E-state index contributed by atoms with van der Waals surface area (Å²) in [6, 6.07) is 11.8. The predicted octanol–water partition coefficient (Wildman–Crippen LogP) is 4.09. The maximum atomic E-state index is 13.9. The summed E-state index contributed by atoms with van der Waals surface area (Å²) >= 11 is 0. The van der Waals surface area contributed by atoms with Crippen LogP contribution in [-0.4, -0.2) is 37.1 Å². The zero-order valence-corrected chi connectivity index (χ0v) is 16.6. The van der Waals surface area contributed by atoms with E-state index in [4.69, 9.17) is 13.9 Å². The van der Waals surface area contributed by atoms with Crippen LogP contribution in [0.25, 0.3) is 11.3 Å².